The van der Waals surface area contributed by atoms with Crippen LogP contribution in [0, 0.1) is 0 Å². The topological polar surface area (TPSA) is 9.86 Å². The monoisotopic (exact) mass is 1110 g/mol. The fourth-order valence-corrected chi connectivity index (χ4v) is 17.0. The van der Waals surface area contributed by atoms with E-state index in [0.717, 1.165) is 11.4 Å². The number of aromatic nitrogens is 2. The Morgan fingerprint density at radius 2 is 0.409 bits per heavy atom. The maximum Gasteiger partial charge on any atom is 0.0726 e. The molecule has 2 nitrogen and oxygen atoms in total. The van der Waals surface area contributed by atoms with Crippen LogP contribution < -0.4 is 0 Å². The molecule has 0 saturated carbocycles. The summed E-state index contributed by atoms with van der Waals surface area (Å²) in [5.41, 5.74) is 34.5. The highest BCUT2D eigenvalue weighted by Crippen LogP contribution is 2.65. The van der Waals surface area contributed by atoms with Gasteiger partial charge in [-0.25, -0.2) is 0 Å². The Bertz CT molecular complexity index is 5220. The molecule has 0 amide bonds. The van der Waals surface area contributed by atoms with Crippen molar-refractivity contribution in [3.8, 4) is 89.3 Å². The smallest absolute Gasteiger partial charge is 0.0726 e. The van der Waals surface area contributed by atoms with E-state index in [2.05, 4.69) is 325 Å². The summed E-state index contributed by atoms with van der Waals surface area (Å²) in [6.45, 7) is 0. The van der Waals surface area contributed by atoms with E-state index in [4.69, 9.17) is 0 Å². The van der Waals surface area contributed by atoms with E-state index < -0.39 is 10.8 Å². The predicted molar refractivity (Wildman–Crippen MR) is 364 cm³/mol. The van der Waals surface area contributed by atoms with Crippen LogP contribution in [0.25, 0.3) is 133 Å². The van der Waals surface area contributed by atoms with E-state index in [9.17, 15) is 0 Å². The van der Waals surface area contributed by atoms with Gasteiger partial charge in [0.1, 0.15) is 0 Å². The van der Waals surface area contributed by atoms with Crippen LogP contribution in [0.15, 0.2) is 315 Å². The molecule has 0 fully saturated rings. The van der Waals surface area contributed by atoms with Gasteiger partial charge in [-0.2, -0.15) is 0 Å². The molecule has 0 bridgehead atoms. The van der Waals surface area contributed by atoms with Gasteiger partial charge in [-0.1, -0.05) is 243 Å². The zero-order valence-electron chi connectivity index (χ0n) is 47.9. The van der Waals surface area contributed by atoms with Gasteiger partial charge in [-0.15, -0.1) is 0 Å². The normalized spacial score (nSPS) is 13.9. The highest BCUT2D eigenvalue weighted by molar-refractivity contribution is 6.14. The minimum atomic E-state index is -0.450. The van der Waals surface area contributed by atoms with Gasteiger partial charge in [0.15, 0.2) is 0 Å². The van der Waals surface area contributed by atoms with Crippen LogP contribution in [-0.2, 0) is 10.8 Å². The van der Waals surface area contributed by atoms with Crippen LogP contribution in [0.1, 0.15) is 44.5 Å². The lowest BCUT2D eigenvalue weighted by atomic mass is 9.70. The summed E-state index contributed by atoms with van der Waals surface area (Å²) in [5.74, 6) is 0. The molecule has 2 heterocycles. The number of fused-ring (bicyclic) bond motifs is 26. The summed E-state index contributed by atoms with van der Waals surface area (Å²) < 4.78 is 5.05. The number of hydrogen-bond donors (Lipinski definition) is 0. The summed E-state index contributed by atoms with van der Waals surface area (Å²) in [5, 5.41) is 4.89. The predicted octanol–water partition coefficient (Wildman–Crippen LogP) is 21.6. The number of benzene rings is 14. The second-order valence-corrected chi connectivity index (χ2v) is 24.6. The van der Waals surface area contributed by atoms with E-state index in [-0.39, 0.29) is 0 Å². The Balaban J connectivity index is 0.792. The van der Waals surface area contributed by atoms with Gasteiger partial charge in [-0.3, -0.25) is 0 Å². The van der Waals surface area contributed by atoms with Gasteiger partial charge in [0.05, 0.1) is 32.9 Å². The van der Waals surface area contributed by atoms with Crippen molar-refractivity contribution in [2.45, 2.75) is 10.8 Å². The molecular weight excluding hydrogens is 1060 g/mol. The Labute approximate surface area is 509 Å². The molecule has 14 aromatic carbocycles. The van der Waals surface area contributed by atoms with E-state index >= 15 is 0 Å². The van der Waals surface area contributed by atoms with Crippen molar-refractivity contribution in [1.82, 2.24) is 9.13 Å². The fourth-order valence-electron chi connectivity index (χ4n) is 17.0. The van der Waals surface area contributed by atoms with Crippen molar-refractivity contribution in [2.75, 3.05) is 0 Å². The quantitative estimate of drug-likeness (QED) is 0.163. The molecule has 0 radical (unpaired) electrons. The summed E-state index contributed by atoms with van der Waals surface area (Å²) in [4.78, 5) is 0. The molecule has 2 heteroatoms. The van der Waals surface area contributed by atoms with Crippen molar-refractivity contribution >= 4 is 43.6 Å². The van der Waals surface area contributed by atoms with Crippen molar-refractivity contribution in [3.05, 3.63) is 360 Å². The number of nitrogens with zero attached hydrogens (tertiary/aromatic N) is 2. The van der Waals surface area contributed by atoms with Gasteiger partial charge in [-0.05, 0) is 195 Å². The number of rotatable bonds is 5. The first-order valence-corrected chi connectivity index (χ1v) is 30.8. The molecule has 20 rings (SSSR count). The van der Waals surface area contributed by atoms with Crippen LogP contribution >= 0.6 is 0 Å². The molecule has 2 spiro atoms. The maximum atomic E-state index is 2.52. The van der Waals surface area contributed by atoms with Crippen molar-refractivity contribution in [2.24, 2.45) is 0 Å². The molecule has 0 aliphatic heterocycles. The highest BCUT2D eigenvalue weighted by atomic mass is 15.0. The van der Waals surface area contributed by atoms with Crippen LogP contribution in [0.4, 0.5) is 0 Å². The lowest BCUT2D eigenvalue weighted by Gasteiger charge is -2.30. The van der Waals surface area contributed by atoms with E-state index in [1.807, 2.05) is 0 Å². The van der Waals surface area contributed by atoms with Gasteiger partial charge >= 0.3 is 0 Å². The second kappa shape index (κ2) is 17.6. The summed E-state index contributed by atoms with van der Waals surface area (Å²) in [6.07, 6.45) is 0. The Morgan fingerprint density at radius 1 is 0.170 bits per heavy atom. The van der Waals surface area contributed by atoms with Crippen LogP contribution in [0.3, 0.4) is 0 Å². The van der Waals surface area contributed by atoms with Gasteiger partial charge in [0, 0.05) is 32.9 Å². The average molecular weight is 1110 g/mol. The lowest BCUT2D eigenvalue weighted by molar-refractivity contribution is 0.792. The first-order chi connectivity index (χ1) is 43.6. The van der Waals surface area contributed by atoms with Crippen LogP contribution in [0.5, 0.6) is 0 Å². The third-order valence-corrected chi connectivity index (χ3v) is 20.6. The minimum Gasteiger partial charge on any atom is -0.309 e. The maximum absolute atomic E-state index is 2.52. The average Bonchev–Trinajstić information content (AvgIpc) is 1.64. The van der Waals surface area contributed by atoms with Gasteiger partial charge < -0.3 is 9.13 Å². The molecular formula is C86H52N2. The standard InChI is InChI=1S/C86H52N2/c1-3-19-53(20-4-1)55-35-43-81-69(47-55)71-49-57(37-45-83(71)87(81)59-39-41-67-65-27-11-17-33-77(65)85(79(67)51-59)73-29-13-7-23-61(73)62-24-8-14-30-74(62)85)58-38-46-84-72(50-58)70-48-56(54-21-5-2-6-22-54)36-44-82(70)88(84)60-40-42-68-66-28-12-18-34-78(66)86(80(68)52-60)75-31-15-9-25-63(75)64-26-10-16-32-76(64)86/h1-52H. The summed E-state index contributed by atoms with van der Waals surface area (Å²) in [6, 6.07) is 119. The molecule has 88 heavy (non-hydrogen) atoms. The summed E-state index contributed by atoms with van der Waals surface area (Å²) in [7, 11) is 0. The largest absolute Gasteiger partial charge is 0.309 e. The zero-order chi connectivity index (χ0) is 57.4. The van der Waals surface area contributed by atoms with E-state index in [1.165, 1.54) is 166 Å². The number of hydrogen-bond acceptors (Lipinski definition) is 0. The fraction of sp³-hybridized carbons (Fsp3) is 0.0233. The first-order valence-electron chi connectivity index (χ1n) is 30.8. The van der Waals surface area contributed by atoms with Crippen molar-refractivity contribution in [3.63, 3.8) is 0 Å². The molecule has 0 unspecified atom stereocenters. The van der Waals surface area contributed by atoms with Crippen LogP contribution in [0.2, 0.25) is 0 Å². The third kappa shape index (κ3) is 6.15. The SMILES string of the molecule is c1ccc(-c2ccc3c(c2)c2cc(-c4ccc5c(c4)c4cc(-c6ccccc6)ccc4n5-c4ccc5c(c4)C4(c6ccccc6-c6ccccc64)c4ccccc4-5)ccc2n3-c2ccc3c(c2)C2(c4ccccc4-c4ccccc42)c2ccccc2-3)cc1. The molecule has 0 N–H and O–H groups in total. The van der Waals surface area contributed by atoms with Gasteiger partial charge in [0.2, 0.25) is 0 Å². The molecule has 0 atom stereocenters. The van der Waals surface area contributed by atoms with Crippen molar-refractivity contribution < 1.29 is 0 Å². The van der Waals surface area contributed by atoms with Crippen molar-refractivity contribution in [1.29, 1.82) is 0 Å². The third-order valence-electron chi connectivity index (χ3n) is 20.6. The molecule has 4 aliphatic rings. The Morgan fingerprint density at radius 3 is 0.693 bits per heavy atom. The van der Waals surface area contributed by atoms with E-state index in [0.29, 0.717) is 0 Å². The second-order valence-electron chi connectivity index (χ2n) is 24.6. The highest BCUT2D eigenvalue weighted by Gasteiger charge is 2.53. The molecule has 406 valence electrons. The lowest BCUT2D eigenvalue weighted by Crippen LogP contribution is -2.26. The van der Waals surface area contributed by atoms with E-state index in [1.54, 1.807) is 0 Å². The molecule has 2 aromatic heterocycles. The first kappa shape index (κ1) is 48.0. The zero-order valence-corrected chi connectivity index (χ0v) is 47.9. The molecule has 16 aromatic rings. The minimum absolute atomic E-state index is 0.450. The van der Waals surface area contributed by atoms with Crippen LogP contribution in [-0.4, -0.2) is 9.13 Å². The van der Waals surface area contributed by atoms with Gasteiger partial charge in [0.25, 0.3) is 0 Å². The molecule has 4 aliphatic carbocycles. The Hall–Kier alpha value is -11.3. The Kier molecular flexibility index (Phi) is 9.62. The summed E-state index contributed by atoms with van der Waals surface area (Å²) >= 11 is 0. The molecule has 0 saturated heterocycles.